The van der Waals surface area contributed by atoms with Crippen LogP contribution in [-0.2, 0) is 0 Å². The first kappa shape index (κ1) is 27.1. The smallest absolute Gasteiger partial charge is 0.160 e. The Bertz CT molecular complexity index is 2540. The summed E-state index contributed by atoms with van der Waals surface area (Å²) in [6.07, 6.45) is 3.69. The van der Waals surface area contributed by atoms with Crippen molar-refractivity contribution in [2.75, 3.05) is 0 Å². The molecule has 3 nitrogen and oxygen atoms in total. The maximum absolute atomic E-state index is 5.11. The van der Waals surface area contributed by atoms with Gasteiger partial charge in [0, 0.05) is 29.1 Å². The van der Waals surface area contributed by atoms with Crippen LogP contribution in [0.4, 0.5) is 0 Å². The molecule has 2 aromatic heterocycles. The van der Waals surface area contributed by atoms with E-state index in [1.54, 1.807) is 6.20 Å². The van der Waals surface area contributed by atoms with E-state index >= 15 is 0 Å². The zero-order valence-electron chi connectivity index (χ0n) is 25.9. The van der Waals surface area contributed by atoms with Crippen molar-refractivity contribution in [3.63, 3.8) is 0 Å². The molecule has 0 saturated carbocycles. The molecular formula is C44H29N3. The largest absolute Gasteiger partial charge is 0.264 e. The van der Waals surface area contributed by atoms with Gasteiger partial charge in [0.1, 0.15) is 0 Å². The van der Waals surface area contributed by atoms with E-state index in [2.05, 4.69) is 145 Å². The van der Waals surface area contributed by atoms with Crippen molar-refractivity contribution in [1.82, 2.24) is 15.0 Å². The molecule has 0 spiro atoms. The molecule has 7 aromatic carbocycles. The number of pyridine rings is 1. The summed E-state index contributed by atoms with van der Waals surface area (Å²) in [6.45, 7) is 2.11. The summed E-state index contributed by atoms with van der Waals surface area (Å²) >= 11 is 0. The first-order chi connectivity index (χ1) is 23.2. The monoisotopic (exact) mass is 599 g/mol. The predicted molar refractivity (Wildman–Crippen MR) is 195 cm³/mol. The second kappa shape index (κ2) is 11.0. The fraction of sp³-hybridized carbons (Fsp3) is 0.0227. The van der Waals surface area contributed by atoms with E-state index in [0.717, 1.165) is 50.6 Å². The van der Waals surface area contributed by atoms with Crippen LogP contribution in [-0.4, -0.2) is 15.0 Å². The quantitative estimate of drug-likeness (QED) is 0.185. The number of aryl methyl sites for hydroxylation is 1. The van der Waals surface area contributed by atoms with Gasteiger partial charge in [0.05, 0.1) is 11.4 Å². The van der Waals surface area contributed by atoms with Crippen LogP contribution in [0.5, 0.6) is 0 Å². The highest BCUT2D eigenvalue weighted by Crippen LogP contribution is 2.40. The molecule has 0 atom stereocenters. The van der Waals surface area contributed by atoms with Crippen LogP contribution in [0.2, 0.25) is 0 Å². The van der Waals surface area contributed by atoms with Crippen molar-refractivity contribution in [1.29, 1.82) is 0 Å². The zero-order valence-corrected chi connectivity index (χ0v) is 25.9. The Kier molecular flexibility index (Phi) is 6.36. The maximum Gasteiger partial charge on any atom is 0.160 e. The molecule has 2 heterocycles. The van der Waals surface area contributed by atoms with Crippen LogP contribution in [0.25, 0.3) is 88.5 Å². The van der Waals surface area contributed by atoms with Crippen LogP contribution < -0.4 is 0 Å². The Morgan fingerprint density at radius 1 is 0.426 bits per heavy atom. The number of aromatic nitrogens is 3. The van der Waals surface area contributed by atoms with E-state index in [4.69, 9.17) is 9.97 Å². The van der Waals surface area contributed by atoms with Crippen molar-refractivity contribution in [2.45, 2.75) is 6.92 Å². The normalized spacial score (nSPS) is 11.5. The average molecular weight is 600 g/mol. The Labute approximate surface area is 273 Å². The van der Waals surface area contributed by atoms with Crippen molar-refractivity contribution in [2.24, 2.45) is 0 Å². The molecular weight excluding hydrogens is 571 g/mol. The summed E-state index contributed by atoms with van der Waals surface area (Å²) in [5.41, 5.74) is 10.7. The predicted octanol–water partition coefficient (Wildman–Crippen LogP) is 11.4. The van der Waals surface area contributed by atoms with E-state index < -0.39 is 0 Å². The maximum atomic E-state index is 5.11. The Balaban J connectivity index is 1.14. The highest BCUT2D eigenvalue weighted by Gasteiger charge is 2.15. The minimum Gasteiger partial charge on any atom is -0.264 e. The number of hydrogen-bond donors (Lipinski definition) is 0. The lowest BCUT2D eigenvalue weighted by molar-refractivity contribution is 1.17. The minimum atomic E-state index is 0.725. The molecule has 0 aliphatic carbocycles. The summed E-state index contributed by atoms with van der Waals surface area (Å²) in [7, 11) is 0. The first-order valence-electron chi connectivity index (χ1n) is 15.9. The SMILES string of the molecule is Cc1ccccc1-c1nc(-c2ccc(-c3cccnc3)cc2)cc(-c2ccc(-c3ccc4ccc5cccc6ccc3c4c56)cc2)n1. The summed E-state index contributed by atoms with van der Waals surface area (Å²) in [5, 5.41) is 7.79. The van der Waals surface area contributed by atoms with Crippen molar-refractivity contribution in [3.8, 4) is 56.2 Å². The van der Waals surface area contributed by atoms with Crippen LogP contribution in [0.1, 0.15) is 5.56 Å². The van der Waals surface area contributed by atoms with Gasteiger partial charge in [0.15, 0.2) is 5.82 Å². The standard InChI is InChI=1S/C44H29N3/c1-28-6-2-3-10-37(28)44-46-40(31-15-11-29(12-16-31)36-9-5-25-45-27-36)26-41(47-44)32-17-13-30(14-18-32)38-23-21-35-20-19-33-7-4-8-34-22-24-39(38)43(35)42(33)34/h2-27H,1H3. The molecule has 0 N–H and O–H groups in total. The van der Waals surface area contributed by atoms with Gasteiger partial charge in [-0.2, -0.15) is 0 Å². The Morgan fingerprint density at radius 3 is 1.72 bits per heavy atom. The molecule has 3 heteroatoms. The Hall–Kier alpha value is -6.19. The van der Waals surface area contributed by atoms with Crippen LogP contribution in [0, 0.1) is 6.92 Å². The summed E-state index contributed by atoms with van der Waals surface area (Å²) in [6, 6.07) is 51.9. The van der Waals surface area contributed by atoms with Crippen LogP contribution in [0.15, 0.2) is 158 Å². The van der Waals surface area contributed by atoms with E-state index in [1.165, 1.54) is 43.4 Å². The number of rotatable bonds is 5. The van der Waals surface area contributed by atoms with Crippen LogP contribution >= 0.6 is 0 Å². The third kappa shape index (κ3) is 4.72. The van der Waals surface area contributed by atoms with Gasteiger partial charge in [-0.1, -0.05) is 133 Å². The highest BCUT2D eigenvalue weighted by molar-refractivity contribution is 6.25. The fourth-order valence-corrected chi connectivity index (χ4v) is 6.86. The molecule has 0 bridgehead atoms. The third-order valence-electron chi connectivity index (χ3n) is 9.31. The molecule has 0 fully saturated rings. The van der Waals surface area contributed by atoms with Gasteiger partial charge in [0.25, 0.3) is 0 Å². The van der Waals surface area contributed by atoms with Gasteiger partial charge >= 0.3 is 0 Å². The molecule has 0 aliphatic heterocycles. The molecule has 47 heavy (non-hydrogen) atoms. The number of nitrogens with zero attached hydrogens (tertiary/aromatic N) is 3. The number of hydrogen-bond acceptors (Lipinski definition) is 3. The topological polar surface area (TPSA) is 38.7 Å². The summed E-state index contributed by atoms with van der Waals surface area (Å²) < 4.78 is 0. The van der Waals surface area contributed by atoms with Gasteiger partial charge in [0.2, 0.25) is 0 Å². The lowest BCUT2D eigenvalue weighted by Gasteiger charge is -2.14. The first-order valence-corrected chi connectivity index (χ1v) is 15.9. The van der Waals surface area contributed by atoms with E-state index in [1.807, 2.05) is 18.3 Å². The van der Waals surface area contributed by atoms with E-state index in [-0.39, 0.29) is 0 Å². The fourth-order valence-electron chi connectivity index (χ4n) is 6.86. The molecule has 9 rings (SSSR count). The van der Waals surface area contributed by atoms with Gasteiger partial charge in [-0.25, -0.2) is 9.97 Å². The average Bonchev–Trinajstić information content (AvgIpc) is 3.14. The van der Waals surface area contributed by atoms with Crippen molar-refractivity contribution < 1.29 is 0 Å². The lowest BCUT2D eigenvalue weighted by Crippen LogP contribution is -1.97. The second-order valence-corrected chi connectivity index (χ2v) is 12.1. The van der Waals surface area contributed by atoms with Gasteiger partial charge in [-0.15, -0.1) is 0 Å². The summed E-state index contributed by atoms with van der Waals surface area (Å²) in [5.74, 6) is 0.725. The number of benzene rings is 7. The van der Waals surface area contributed by atoms with Gasteiger partial charge in [-0.05, 0) is 79.2 Å². The minimum absolute atomic E-state index is 0.725. The van der Waals surface area contributed by atoms with E-state index in [9.17, 15) is 0 Å². The van der Waals surface area contributed by atoms with E-state index in [0.29, 0.717) is 0 Å². The molecule has 220 valence electrons. The van der Waals surface area contributed by atoms with Crippen molar-refractivity contribution >= 4 is 32.3 Å². The molecule has 0 radical (unpaired) electrons. The summed E-state index contributed by atoms with van der Waals surface area (Å²) in [4.78, 5) is 14.5. The highest BCUT2D eigenvalue weighted by atomic mass is 14.9. The zero-order chi connectivity index (χ0) is 31.3. The van der Waals surface area contributed by atoms with Crippen LogP contribution in [0.3, 0.4) is 0 Å². The van der Waals surface area contributed by atoms with Gasteiger partial charge in [-0.3, -0.25) is 4.98 Å². The second-order valence-electron chi connectivity index (χ2n) is 12.1. The molecule has 0 saturated heterocycles. The van der Waals surface area contributed by atoms with Crippen molar-refractivity contribution in [3.05, 3.63) is 164 Å². The lowest BCUT2D eigenvalue weighted by atomic mass is 9.89. The van der Waals surface area contributed by atoms with Gasteiger partial charge < -0.3 is 0 Å². The third-order valence-corrected chi connectivity index (χ3v) is 9.31. The Morgan fingerprint density at radius 2 is 1.04 bits per heavy atom. The molecule has 0 aliphatic rings. The molecule has 9 aromatic rings. The molecule has 0 unspecified atom stereocenters. The molecule has 0 amide bonds.